The Hall–Kier alpha value is -1.51. The van der Waals surface area contributed by atoms with Gasteiger partial charge in [-0.05, 0) is 6.92 Å². The molecule has 1 fully saturated rings. The number of halogens is 2. The molecule has 7 nitrogen and oxygen atoms in total. The number of ether oxygens (including phenoxy) is 2. The maximum Gasteiger partial charge on any atom is 0.307 e. The van der Waals surface area contributed by atoms with E-state index in [2.05, 4.69) is 14.9 Å². The van der Waals surface area contributed by atoms with Crippen LogP contribution in [0.2, 0.25) is 5.15 Å². The summed E-state index contributed by atoms with van der Waals surface area (Å²) < 4.78 is 24.4. The molecule has 0 N–H and O–H groups in total. The highest BCUT2D eigenvalue weighted by Gasteiger charge is 2.29. The van der Waals surface area contributed by atoms with Crippen LogP contribution in [0.4, 0.5) is 10.2 Å². The average molecular weight is 361 g/mol. The molecule has 1 aromatic rings. The Morgan fingerprint density at radius 1 is 1.46 bits per heavy atom. The summed E-state index contributed by atoms with van der Waals surface area (Å²) in [6.07, 6.45) is 1.57. The van der Waals surface area contributed by atoms with Crippen molar-refractivity contribution >= 4 is 23.4 Å². The normalized spacial score (nSPS) is 18.7. The van der Waals surface area contributed by atoms with Crippen molar-refractivity contribution in [2.45, 2.75) is 19.4 Å². The molecule has 9 heteroatoms. The topological polar surface area (TPSA) is 67.8 Å². The number of nitrogens with zero attached hydrogens (tertiary/aromatic N) is 4. The van der Waals surface area contributed by atoms with Crippen molar-refractivity contribution in [3.05, 3.63) is 17.3 Å². The first kappa shape index (κ1) is 18.8. The summed E-state index contributed by atoms with van der Waals surface area (Å²) in [5.41, 5.74) is 0. The second-order valence-corrected chi connectivity index (χ2v) is 5.81. The van der Waals surface area contributed by atoms with Gasteiger partial charge < -0.3 is 14.4 Å². The van der Waals surface area contributed by atoms with Crippen LogP contribution in [0.3, 0.4) is 0 Å². The van der Waals surface area contributed by atoms with Crippen LogP contribution in [0, 0.1) is 5.82 Å². The molecule has 0 bridgehead atoms. The quantitative estimate of drug-likeness (QED) is 0.537. The molecule has 0 saturated carbocycles. The number of methoxy groups -OCH3 is 1. The zero-order chi connectivity index (χ0) is 17.5. The van der Waals surface area contributed by atoms with Crippen LogP contribution in [0.25, 0.3) is 0 Å². The zero-order valence-corrected chi connectivity index (χ0v) is 14.6. The number of piperazine rings is 1. The minimum Gasteiger partial charge on any atom is -0.466 e. The number of carbonyl (C=O) groups is 1. The van der Waals surface area contributed by atoms with Gasteiger partial charge in [-0.3, -0.25) is 9.69 Å². The van der Waals surface area contributed by atoms with Crippen molar-refractivity contribution < 1.29 is 18.7 Å². The monoisotopic (exact) mass is 360 g/mol. The number of anilines is 1. The van der Waals surface area contributed by atoms with Crippen molar-refractivity contribution in [1.29, 1.82) is 0 Å². The summed E-state index contributed by atoms with van der Waals surface area (Å²) in [6.45, 7) is 4.98. The van der Waals surface area contributed by atoms with E-state index in [1.165, 1.54) is 6.33 Å². The van der Waals surface area contributed by atoms with Gasteiger partial charge in [-0.15, -0.1) is 0 Å². The fraction of sp³-hybridized carbons (Fsp3) is 0.667. The summed E-state index contributed by atoms with van der Waals surface area (Å²) >= 11 is 5.73. The van der Waals surface area contributed by atoms with Crippen LogP contribution >= 0.6 is 11.6 Å². The third-order valence-corrected chi connectivity index (χ3v) is 4.16. The van der Waals surface area contributed by atoms with E-state index in [0.29, 0.717) is 45.8 Å². The minimum absolute atomic E-state index is 0.0197. The summed E-state index contributed by atoms with van der Waals surface area (Å²) in [5, 5.41) is -0.187. The molecule has 0 amide bonds. The minimum atomic E-state index is -0.615. The van der Waals surface area contributed by atoms with E-state index in [1.54, 1.807) is 14.0 Å². The molecule has 2 rings (SSSR count). The Balaban J connectivity index is 2.01. The number of hydrogen-bond acceptors (Lipinski definition) is 7. The van der Waals surface area contributed by atoms with E-state index in [1.807, 2.05) is 4.90 Å². The van der Waals surface area contributed by atoms with Crippen LogP contribution in [-0.2, 0) is 14.3 Å². The van der Waals surface area contributed by atoms with Crippen LogP contribution in [-0.4, -0.2) is 73.4 Å². The molecule has 0 spiro atoms. The van der Waals surface area contributed by atoms with Gasteiger partial charge in [0.05, 0.1) is 25.7 Å². The van der Waals surface area contributed by atoms with E-state index in [4.69, 9.17) is 21.1 Å². The molecule has 0 aliphatic carbocycles. The molecule has 1 aliphatic rings. The number of rotatable bonds is 7. The number of esters is 1. The van der Waals surface area contributed by atoms with Crippen molar-refractivity contribution in [1.82, 2.24) is 14.9 Å². The van der Waals surface area contributed by atoms with Crippen molar-refractivity contribution in [2.75, 3.05) is 51.4 Å². The van der Waals surface area contributed by atoms with Crippen LogP contribution in [0.1, 0.15) is 13.3 Å². The van der Waals surface area contributed by atoms with Crippen molar-refractivity contribution in [3.63, 3.8) is 0 Å². The van der Waals surface area contributed by atoms with E-state index in [0.717, 1.165) is 0 Å². The number of aromatic nitrogens is 2. The lowest BCUT2D eigenvalue weighted by atomic mass is 10.1. The lowest BCUT2D eigenvalue weighted by Crippen LogP contribution is -2.55. The first-order chi connectivity index (χ1) is 11.6. The highest BCUT2D eigenvalue weighted by Crippen LogP contribution is 2.24. The van der Waals surface area contributed by atoms with Crippen molar-refractivity contribution in [2.24, 2.45) is 0 Å². The molecule has 2 heterocycles. The van der Waals surface area contributed by atoms with Gasteiger partial charge in [0.2, 0.25) is 5.82 Å². The van der Waals surface area contributed by atoms with Gasteiger partial charge in [0.25, 0.3) is 0 Å². The highest BCUT2D eigenvalue weighted by atomic mass is 35.5. The van der Waals surface area contributed by atoms with E-state index >= 15 is 0 Å². The van der Waals surface area contributed by atoms with E-state index < -0.39 is 5.82 Å². The molecular formula is C15H22ClFN4O3. The van der Waals surface area contributed by atoms with Gasteiger partial charge in [-0.2, -0.15) is 4.39 Å². The van der Waals surface area contributed by atoms with E-state index in [-0.39, 0.29) is 23.0 Å². The van der Waals surface area contributed by atoms with Gasteiger partial charge >= 0.3 is 5.97 Å². The van der Waals surface area contributed by atoms with Gasteiger partial charge in [0.15, 0.2) is 11.0 Å². The highest BCUT2D eigenvalue weighted by molar-refractivity contribution is 6.29. The molecule has 24 heavy (non-hydrogen) atoms. The summed E-state index contributed by atoms with van der Waals surface area (Å²) in [5.74, 6) is -0.638. The van der Waals surface area contributed by atoms with Crippen LogP contribution < -0.4 is 4.90 Å². The SMILES string of the molecule is CCOC(=O)CCN1CCN(c2ncnc(Cl)c2F)C[C@@H]1COC. The van der Waals surface area contributed by atoms with Gasteiger partial charge in [0.1, 0.15) is 6.33 Å². The molecular weight excluding hydrogens is 339 g/mol. The molecule has 1 atom stereocenters. The Morgan fingerprint density at radius 2 is 2.25 bits per heavy atom. The predicted molar refractivity (Wildman–Crippen MR) is 87.7 cm³/mol. The summed E-state index contributed by atoms with van der Waals surface area (Å²) in [4.78, 5) is 23.2. The number of carbonyl (C=O) groups excluding carboxylic acids is 1. The molecule has 1 saturated heterocycles. The maximum absolute atomic E-state index is 14.1. The smallest absolute Gasteiger partial charge is 0.307 e. The average Bonchev–Trinajstić information content (AvgIpc) is 2.57. The molecule has 0 unspecified atom stereocenters. The van der Waals surface area contributed by atoms with Gasteiger partial charge in [-0.25, -0.2) is 9.97 Å². The molecule has 134 valence electrons. The van der Waals surface area contributed by atoms with Crippen LogP contribution in [0.15, 0.2) is 6.33 Å². The summed E-state index contributed by atoms with van der Waals surface area (Å²) in [6, 6.07) is 0.0197. The maximum atomic E-state index is 14.1. The van der Waals surface area contributed by atoms with E-state index in [9.17, 15) is 9.18 Å². The molecule has 1 aromatic heterocycles. The zero-order valence-electron chi connectivity index (χ0n) is 13.9. The second-order valence-electron chi connectivity index (χ2n) is 5.45. The number of hydrogen-bond donors (Lipinski definition) is 0. The fourth-order valence-corrected chi connectivity index (χ4v) is 2.89. The predicted octanol–water partition coefficient (Wildman–Crippen LogP) is 1.36. The fourth-order valence-electron chi connectivity index (χ4n) is 2.76. The molecule has 0 radical (unpaired) electrons. The lowest BCUT2D eigenvalue weighted by molar-refractivity contribution is -0.143. The first-order valence-corrected chi connectivity index (χ1v) is 8.24. The van der Waals surface area contributed by atoms with Gasteiger partial charge in [-0.1, -0.05) is 11.6 Å². The Kier molecular flexibility index (Phi) is 7.14. The largest absolute Gasteiger partial charge is 0.466 e. The molecule has 0 aromatic carbocycles. The lowest BCUT2D eigenvalue weighted by Gasteiger charge is -2.41. The Bertz CT molecular complexity index is 564. The Labute approximate surface area is 145 Å². The van der Waals surface area contributed by atoms with Crippen molar-refractivity contribution in [3.8, 4) is 0 Å². The third kappa shape index (κ3) is 4.75. The third-order valence-electron chi connectivity index (χ3n) is 3.90. The van der Waals surface area contributed by atoms with Gasteiger partial charge in [0, 0.05) is 33.3 Å². The molecule has 1 aliphatic heterocycles. The summed E-state index contributed by atoms with van der Waals surface area (Å²) in [7, 11) is 1.62. The standard InChI is InChI=1S/C15H22ClFN4O3/c1-3-24-12(22)4-5-20-6-7-21(8-11(20)9-23-2)15-13(17)14(16)18-10-19-15/h10-11H,3-9H2,1-2H3/t11-/m1/s1. The Morgan fingerprint density at radius 3 is 2.96 bits per heavy atom. The second kappa shape index (κ2) is 9.10. The first-order valence-electron chi connectivity index (χ1n) is 7.86. The van der Waals surface area contributed by atoms with Crippen LogP contribution in [0.5, 0.6) is 0 Å².